The largest absolute Gasteiger partial charge is 0.397 e. The Kier molecular flexibility index (Phi) is 6.61. The Morgan fingerprint density at radius 3 is 2.00 bits per heavy atom. The Hall–Kier alpha value is -0.990. The molecule has 110 valence electrons. The Labute approximate surface area is 115 Å². The number of benzene rings is 1. The van der Waals surface area contributed by atoms with Gasteiger partial charge in [0.1, 0.15) is 0 Å². The lowest BCUT2D eigenvalue weighted by Crippen LogP contribution is -2.36. The Morgan fingerprint density at radius 2 is 1.58 bits per heavy atom. The summed E-state index contributed by atoms with van der Waals surface area (Å²) >= 11 is 0. The van der Waals surface area contributed by atoms with Gasteiger partial charge in [-0.25, -0.2) is 0 Å². The molecule has 0 bridgehead atoms. The number of halogens is 3. The van der Waals surface area contributed by atoms with Crippen molar-refractivity contribution in [2.24, 2.45) is 5.92 Å². The first-order valence-corrected chi connectivity index (χ1v) is 6.80. The molecule has 0 unspecified atom stereocenters. The van der Waals surface area contributed by atoms with Crippen LogP contribution in [0.3, 0.4) is 0 Å². The molecule has 0 aliphatic heterocycles. The van der Waals surface area contributed by atoms with Crippen LogP contribution in [0.2, 0.25) is 0 Å². The van der Waals surface area contributed by atoms with Crippen LogP contribution in [0.4, 0.5) is 13.2 Å². The van der Waals surface area contributed by atoms with E-state index in [9.17, 15) is 13.2 Å². The van der Waals surface area contributed by atoms with Gasteiger partial charge in [-0.15, -0.1) is 0 Å². The van der Waals surface area contributed by atoms with Crippen molar-refractivity contribution >= 4 is 0 Å². The summed E-state index contributed by atoms with van der Waals surface area (Å²) in [6, 6.07) is 6.82. The normalized spacial score (nSPS) is 12.1. The molecule has 3 heteroatoms. The number of alkyl halides is 3. The Morgan fingerprint density at radius 1 is 1.05 bits per heavy atom. The summed E-state index contributed by atoms with van der Waals surface area (Å²) in [7, 11) is 0. The van der Waals surface area contributed by atoms with E-state index in [1.807, 2.05) is 19.9 Å². The summed E-state index contributed by atoms with van der Waals surface area (Å²) < 4.78 is 38.7. The maximum Gasteiger partial charge on any atom is 0.397 e. The second-order valence-electron chi connectivity index (χ2n) is 5.42. The first-order chi connectivity index (χ1) is 8.64. The van der Waals surface area contributed by atoms with E-state index in [4.69, 9.17) is 0 Å². The van der Waals surface area contributed by atoms with Gasteiger partial charge in [0.15, 0.2) is 0 Å². The molecule has 1 aromatic carbocycles. The minimum absolute atomic E-state index is 0.336. The number of hydrogen-bond acceptors (Lipinski definition) is 0. The predicted molar refractivity (Wildman–Crippen MR) is 75.4 cm³/mol. The van der Waals surface area contributed by atoms with Gasteiger partial charge in [0.05, 0.1) is 5.41 Å². The number of hydrogen-bond donors (Lipinski definition) is 0. The zero-order chi connectivity index (χ0) is 15.3. The van der Waals surface area contributed by atoms with Crippen molar-refractivity contribution in [3.63, 3.8) is 0 Å². The van der Waals surface area contributed by atoms with Gasteiger partial charge in [-0.3, -0.25) is 0 Å². The zero-order valence-electron chi connectivity index (χ0n) is 12.7. The lowest BCUT2D eigenvalue weighted by Gasteiger charge is -2.28. The van der Waals surface area contributed by atoms with E-state index in [0.717, 1.165) is 12.0 Å². The SMILES string of the molecule is CC.CC(C)Cc1cccc(C(C)(C)C(F)(F)F)c1. The second-order valence-corrected chi connectivity index (χ2v) is 5.42. The van der Waals surface area contributed by atoms with Gasteiger partial charge in [0.25, 0.3) is 0 Å². The van der Waals surface area contributed by atoms with Crippen molar-refractivity contribution in [1.82, 2.24) is 0 Å². The fourth-order valence-corrected chi connectivity index (χ4v) is 1.72. The third kappa shape index (κ3) is 4.88. The van der Waals surface area contributed by atoms with Crippen LogP contribution in [0.5, 0.6) is 0 Å². The molecule has 0 aliphatic rings. The Balaban J connectivity index is 0.00000154. The van der Waals surface area contributed by atoms with Crippen LogP contribution in [0.25, 0.3) is 0 Å². The van der Waals surface area contributed by atoms with E-state index in [-0.39, 0.29) is 0 Å². The quantitative estimate of drug-likeness (QED) is 0.658. The fourth-order valence-electron chi connectivity index (χ4n) is 1.72. The van der Waals surface area contributed by atoms with Crippen molar-refractivity contribution in [1.29, 1.82) is 0 Å². The molecule has 19 heavy (non-hydrogen) atoms. The molecule has 1 rings (SSSR count). The average molecular weight is 274 g/mol. The highest BCUT2D eigenvalue weighted by molar-refractivity contribution is 5.30. The minimum Gasteiger partial charge on any atom is -0.170 e. The van der Waals surface area contributed by atoms with Crippen LogP contribution < -0.4 is 0 Å². The first-order valence-electron chi connectivity index (χ1n) is 6.80. The molecule has 0 saturated heterocycles. The van der Waals surface area contributed by atoms with Crippen molar-refractivity contribution in [3.05, 3.63) is 35.4 Å². The molecule has 0 amide bonds. The van der Waals surface area contributed by atoms with E-state index >= 15 is 0 Å². The monoisotopic (exact) mass is 274 g/mol. The zero-order valence-corrected chi connectivity index (χ0v) is 12.7. The van der Waals surface area contributed by atoms with Gasteiger partial charge in [-0.2, -0.15) is 13.2 Å². The van der Waals surface area contributed by atoms with Crippen LogP contribution >= 0.6 is 0 Å². The maximum atomic E-state index is 12.9. The molecule has 0 heterocycles. The predicted octanol–water partition coefficient (Wildman–Crippen LogP) is 5.75. The molecule has 0 fully saturated rings. The Bertz CT molecular complexity index is 376. The number of rotatable bonds is 3. The van der Waals surface area contributed by atoms with Gasteiger partial charge in [-0.1, -0.05) is 52.0 Å². The summed E-state index contributed by atoms with van der Waals surface area (Å²) in [5.41, 5.74) is -0.488. The van der Waals surface area contributed by atoms with E-state index < -0.39 is 11.6 Å². The van der Waals surface area contributed by atoms with E-state index in [1.165, 1.54) is 13.8 Å². The summed E-state index contributed by atoms with van der Waals surface area (Å²) in [6.45, 7) is 10.6. The standard InChI is InChI=1S/C14H19F3.C2H6/c1-10(2)8-11-6-5-7-12(9-11)13(3,4)14(15,16)17;1-2/h5-7,9-10H,8H2,1-4H3;1-2H3. The van der Waals surface area contributed by atoms with Crippen molar-refractivity contribution < 1.29 is 13.2 Å². The summed E-state index contributed by atoms with van der Waals surface area (Å²) in [5.74, 6) is 0.444. The maximum absolute atomic E-state index is 12.9. The highest BCUT2D eigenvalue weighted by Gasteiger charge is 2.48. The molecule has 0 atom stereocenters. The van der Waals surface area contributed by atoms with Gasteiger partial charge in [0.2, 0.25) is 0 Å². The van der Waals surface area contributed by atoms with Crippen molar-refractivity contribution in [3.8, 4) is 0 Å². The topological polar surface area (TPSA) is 0 Å². The fraction of sp³-hybridized carbons (Fsp3) is 0.625. The summed E-state index contributed by atoms with van der Waals surface area (Å²) in [6.07, 6.45) is -3.41. The molecular weight excluding hydrogens is 249 g/mol. The molecular formula is C16H25F3. The molecule has 0 radical (unpaired) electrons. The van der Waals surface area contributed by atoms with Crippen LogP contribution in [-0.2, 0) is 11.8 Å². The average Bonchev–Trinajstić information content (AvgIpc) is 2.29. The molecule has 1 aromatic rings. The van der Waals surface area contributed by atoms with Crippen molar-refractivity contribution in [2.45, 2.75) is 59.6 Å². The van der Waals surface area contributed by atoms with E-state index in [1.54, 1.807) is 18.2 Å². The van der Waals surface area contributed by atoms with Crippen LogP contribution in [0, 0.1) is 5.92 Å². The lowest BCUT2D eigenvalue weighted by molar-refractivity contribution is -0.180. The van der Waals surface area contributed by atoms with Gasteiger partial charge < -0.3 is 0 Å². The van der Waals surface area contributed by atoms with Gasteiger partial charge in [-0.05, 0) is 37.3 Å². The van der Waals surface area contributed by atoms with Crippen LogP contribution in [0.15, 0.2) is 24.3 Å². The highest BCUT2D eigenvalue weighted by Crippen LogP contribution is 2.40. The molecule has 0 aliphatic carbocycles. The lowest BCUT2D eigenvalue weighted by atomic mass is 9.82. The van der Waals surface area contributed by atoms with Crippen LogP contribution in [0.1, 0.15) is 52.7 Å². The molecule has 0 N–H and O–H groups in total. The highest BCUT2D eigenvalue weighted by atomic mass is 19.4. The summed E-state index contributed by atoms with van der Waals surface area (Å²) in [5, 5.41) is 0. The summed E-state index contributed by atoms with van der Waals surface area (Å²) in [4.78, 5) is 0. The van der Waals surface area contributed by atoms with E-state index in [2.05, 4.69) is 13.8 Å². The molecule has 0 nitrogen and oxygen atoms in total. The van der Waals surface area contributed by atoms with E-state index in [0.29, 0.717) is 11.5 Å². The third-order valence-corrected chi connectivity index (χ3v) is 3.00. The first kappa shape index (κ1) is 18.0. The van der Waals surface area contributed by atoms with Gasteiger partial charge in [0, 0.05) is 0 Å². The molecule has 0 spiro atoms. The second kappa shape index (κ2) is 6.97. The third-order valence-electron chi connectivity index (χ3n) is 3.00. The molecule has 0 aromatic heterocycles. The smallest absolute Gasteiger partial charge is 0.170 e. The van der Waals surface area contributed by atoms with Crippen molar-refractivity contribution in [2.75, 3.05) is 0 Å². The van der Waals surface area contributed by atoms with Crippen LogP contribution in [-0.4, -0.2) is 6.18 Å². The van der Waals surface area contributed by atoms with Gasteiger partial charge >= 0.3 is 6.18 Å². The molecule has 0 saturated carbocycles. The minimum atomic E-state index is -4.22.